The zero-order valence-corrected chi connectivity index (χ0v) is 13.2. The average Bonchev–Trinajstić information content (AvgIpc) is 2.38. The molecule has 0 N–H and O–H groups in total. The molecule has 2 rings (SSSR count). The molecule has 1 aromatic heterocycles. The highest BCUT2D eigenvalue weighted by Gasteiger charge is 2.30. The van der Waals surface area contributed by atoms with E-state index in [1.807, 2.05) is 19.9 Å². The predicted molar refractivity (Wildman–Crippen MR) is 80.2 cm³/mol. The number of hydrogen-bond acceptors (Lipinski definition) is 3. The summed E-state index contributed by atoms with van der Waals surface area (Å²) in [7, 11) is 0. The SMILES string of the molecule is CCOC(=O)c1cc2c(nc1C)C(C(C)C)CCC2C. The number of aromatic nitrogens is 1. The van der Waals surface area contributed by atoms with Gasteiger partial charge in [-0.2, -0.15) is 0 Å². The third-order valence-corrected chi connectivity index (χ3v) is 4.37. The Hall–Kier alpha value is -1.38. The van der Waals surface area contributed by atoms with Gasteiger partial charge >= 0.3 is 5.97 Å². The van der Waals surface area contributed by atoms with E-state index in [9.17, 15) is 4.79 Å². The number of nitrogens with zero attached hydrogens (tertiary/aromatic N) is 1. The molecule has 1 aromatic rings. The second-order valence-electron chi connectivity index (χ2n) is 6.15. The second-order valence-corrected chi connectivity index (χ2v) is 6.15. The van der Waals surface area contributed by atoms with Crippen LogP contribution < -0.4 is 0 Å². The summed E-state index contributed by atoms with van der Waals surface area (Å²) in [5.41, 5.74) is 3.86. The van der Waals surface area contributed by atoms with Crippen molar-refractivity contribution in [3.63, 3.8) is 0 Å². The average molecular weight is 275 g/mol. The van der Waals surface area contributed by atoms with Crippen LogP contribution in [0.5, 0.6) is 0 Å². The van der Waals surface area contributed by atoms with Crippen LogP contribution in [0.1, 0.15) is 79.7 Å². The minimum atomic E-state index is -0.251. The lowest BCUT2D eigenvalue weighted by molar-refractivity contribution is 0.0524. The summed E-state index contributed by atoms with van der Waals surface area (Å²) in [5.74, 6) is 1.32. The molecule has 0 amide bonds. The largest absolute Gasteiger partial charge is 0.462 e. The lowest BCUT2D eigenvalue weighted by Crippen LogP contribution is -2.21. The quantitative estimate of drug-likeness (QED) is 0.776. The van der Waals surface area contributed by atoms with Gasteiger partial charge in [-0.05, 0) is 50.2 Å². The summed E-state index contributed by atoms with van der Waals surface area (Å²) < 4.78 is 5.13. The van der Waals surface area contributed by atoms with Crippen molar-refractivity contribution in [1.82, 2.24) is 4.98 Å². The van der Waals surface area contributed by atoms with Gasteiger partial charge in [-0.1, -0.05) is 20.8 Å². The highest BCUT2D eigenvalue weighted by molar-refractivity contribution is 5.90. The van der Waals surface area contributed by atoms with E-state index in [1.165, 1.54) is 24.1 Å². The fourth-order valence-electron chi connectivity index (χ4n) is 3.12. The molecular weight excluding hydrogens is 250 g/mol. The zero-order valence-electron chi connectivity index (χ0n) is 13.2. The van der Waals surface area contributed by atoms with Gasteiger partial charge in [-0.3, -0.25) is 4.98 Å². The van der Waals surface area contributed by atoms with Crippen LogP contribution in [0, 0.1) is 12.8 Å². The molecule has 0 saturated heterocycles. The van der Waals surface area contributed by atoms with Gasteiger partial charge in [0.15, 0.2) is 0 Å². The van der Waals surface area contributed by atoms with Crippen molar-refractivity contribution in [3.8, 4) is 0 Å². The van der Waals surface area contributed by atoms with Gasteiger partial charge in [0, 0.05) is 11.6 Å². The Balaban J connectivity index is 2.48. The van der Waals surface area contributed by atoms with Crippen LogP contribution in [0.4, 0.5) is 0 Å². The summed E-state index contributed by atoms with van der Waals surface area (Å²) in [4.78, 5) is 16.8. The Labute approximate surface area is 121 Å². The fourth-order valence-corrected chi connectivity index (χ4v) is 3.12. The number of pyridine rings is 1. The van der Waals surface area contributed by atoms with E-state index in [1.54, 1.807) is 0 Å². The molecule has 2 atom stereocenters. The van der Waals surface area contributed by atoms with Gasteiger partial charge in [-0.15, -0.1) is 0 Å². The van der Waals surface area contributed by atoms with Crippen LogP contribution in [0.2, 0.25) is 0 Å². The van der Waals surface area contributed by atoms with Gasteiger partial charge < -0.3 is 4.74 Å². The van der Waals surface area contributed by atoms with Gasteiger partial charge in [-0.25, -0.2) is 4.79 Å². The smallest absolute Gasteiger partial charge is 0.339 e. The number of hydrogen-bond donors (Lipinski definition) is 0. The molecule has 2 unspecified atom stereocenters. The Kier molecular flexibility index (Phi) is 4.46. The highest BCUT2D eigenvalue weighted by Crippen LogP contribution is 2.41. The van der Waals surface area contributed by atoms with E-state index < -0.39 is 0 Å². The summed E-state index contributed by atoms with van der Waals surface area (Å²) in [5, 5.41) is 0. The number of aryl methyl sites for hydroxylation is 1. The van der Waals surface area contributed by atoms with Crippen LogP contribution in [0.15, 0.2) is 6.07 Å². The molecule has 1 aliphatic carbocycles. The van der Waals surface area contributed by atoms with E-state index in [0.29, 0.717) is 29.9 Å². The van der Waals surface area contributed by atoms with Crippen LogP contribution in [0.3, 0.4) is 0 Å². The highest BCUT2D eigenvalue weighted by atomic mass is 16.5. The van der Waals surface area contributed by atoms with Crippen molar-refractivity contribution in [2.45, 2.75) is 59.3 Å². The zero-order chi connectivity index (χ0) is 14.9. The molecule has 1 aliphatic rings. The maximum Gasteiger partial charge on any atom is 0.339 e. The number of carbonyl (C=O) groups is 1. The molecule has 3 heteroatoms. The first-order valence-electron chi connectivity index (χ1n) is 7.64. The normalized spacial score (nSPS) is 21.7. The van der Waals surface area contributed by atoms with Crippen molar-refractivity contribution in [3.05, 3.63) is 28.6 Å². The van der Waals surface area contributed by atoms with Crippen LogP contribution >= 0.6 is 0 Å². The minimum Gasteiger partial charge on any atom is -0.462 e. The number of fused-ring (bicyclic) bond motifs is 1. The fraction of sp³-hybridized carbons (Fsp3) is 0.647. The molecule has 0 bridgehead atoms. The molecule has 0 aromatic carbocycles. The summed E-state index contributed by atoms with van der Waals surface area (Å²) in [6, 6.07) is 2.02. The maximum absolute atomic E-state index is 12.0. The lowest BCUT2D eigenvalue weighted by atomic mass is 9.75. The minimum absolute atomic E-state index is 0.251. The second kappa shape index (κ2) is 5.94. The first-order chi connectivity index (χ1) is 9.45. The monoisotopic (exact) mass is 275 g/mol. The molecule has 0 aliphatic heterocycles. The standard InChI is InChI=1S/C17H25NO2/c1-6-20-17(19)15-9-14-11(4)7-8-13(10(2)3)16(14)18-12(15)5/h9-11,13H,6-8H2,1-5H3. The molecule has 20 heavy (non-hydrogen) atoms. The van der Waals surface area contributed by atoms with Gasteiger partial charge in [0.05, 0.1) is 17.9 Å². The molecule has 0 fully saturated rings. The van der Waals surface area contributed by atoms with Crippen molar-refractivity contribution >= 4 is 5.97 Å². The van der Waals surface area contributed by atoms with Gasteiger partial charge in [0.1, 0.15) is 0 Å². The number of carbonyl (C=O) groups excluding carboxylic acids is 1. The topological polar surface area (TPSA) is 39.2 Å². The van der Waals surface area contributed by atoms with E-state index >= 15 is 0 Å². The first-order valence-corrected chi connectivity index (χ1v) is 7.64. The molecule has 110 valence electrons. The van der Waals surface area contributed by atoms with E-state index in [2.05, 4.69) is 20.8 Å². The number of rotatable bonds is 3. The predicted octanol–water partition coefficient (Wildman–Crippen LogP) is 4.20. The van der Waals surface area contributed by atoms with Crippen LogP contribution in [-0.2, 0) is 4.74 Å². The number of esters is 1. The third kappa shape index (κ3) is 2.72. The summed E-state index contributed by atoms with van der Waals surface area (Å²) in [6.45, 7) is 10.9. The van der Waals surface area contributed by atoms with E-state index in [-0.39, 0.29) is 5.97 Å². The Morgan fingerprint density at radius 3 is 2.75 bits per heavy atom. The van der Waals surface area contributed by atoms with Gasteiger partial charge in [0.2, 0.25) is 0 Å². The third-order valence-electron chi connectivity index (χ3n) is 4.37. The Morgan fingerprint density at radius 2 is 2.15 bits per heavy atom. The summed E-state index contributed by atoms with van der Waals surface area (Å²) in [6.07, 6.45) is 2.36. The maximum atomic E-state index is 12.0. The molecule has 0 saturated carbocycles. The lowest BCUT2D eigenvalue weighted by Gasteiger charge is -2.32. The first kappa shape index (κ1) is 15.0. The van der Waals surface area contributed by atoms with Crippen molar-refractivity contribution in [2.24, 2.45) is 5.92 Å². The summed E-state index contributed by atoms with van der Waals surface area (Å²) >= 11 is 0. The number of ether oxygens (including phenoxy) is 1. The van der Waals surface area contributed by atoms with Gasteiger partial charge in [0.25, 0.3) is 0 Å². The molecule has 0 radical (unpaired) electrons. The Morgan fingerprint density at radius 1 is 1.45 bits per heavy atom. The molecule has 1 heterocycles. The molecule has 0 spiro atoms. The van der Waals surface area contributed by atoms with Crippen LogP contribution in [0.25, 0.3) is 0 Å². The van der Waals surface area contributed by atoms with Crippen LogP contribution in [-0.4, -0.2) is 17.6 Å². The Bertz CT molecular complexity index is 508. The van der Waals surface area contributed by atoms with E-state index in [0.717, 1.165) is 5.69 Å². The van der Waals surface area contributed by atoms with E-state index in [4.69, 9.17) is 9.72 Å². The van der Waals surface area contributed by atoms with Crippen molar-refractivity contribution in [2.75, 3.05) is 6.61 Å². The van der Waals surface area contributed by atoms with Crippen molar-refractivity contribution in [1.29, 1.82) is 0 Å². The molecular formula is C17H25NO2. The molecule has 3 nitrogen and oxygen atoms in total. The van der Waals surface area contributed by atoms with Crippen molar-refractivity contribution < 1.29 is 9.53 Å².